The summed E-state index contributed by atoms with van der Waals surface area (Å²) in [5.74, 6) is 1.38. The van der Waals surface area contributed by atoms with Crippen molar-refractivity contribution in [1.82, 2.24) is 4.90 Å². The van der Waals surface area contributed by atoms with Crippen LogP contribution in [0.3, 0.4) is 0 Å². The number of hydrogen-bond acceptors (Lipinski definition) is 6. The summed E-state index contributed by atoms with van der Waals surface area (Å²) in [4.78, 5) is 23.4. The fraction of sp³-hybridized carbons (Fsp3) is 0.962. The first kappa shape index (κ1) is 55.8. The van der Waals surface area contributed by atoms with Crippen molar-refractivity contribution in [2.45, 2.75) is 277 Å². The van der Waals surface area contributed by atoms with Crippen molar-refractivity contribution in [3.63, 3.8) is 0 Å². The summed E-state index contributed by atoms with van der Waals surface area (Å²) in [6.07, 6.45) is 47.8. The fourth-order valence-electron chi connectivity index (χ4n) is 9.62. The number of unbranched alkanes of at least 4 members (excludes halogenated alkanes) is 20. The van der Waals surface area contributed by atoms with Gasteiger partial charge >= 0.3 is 5.97 Å². The SMILES string of the molecule is CCCCCC(CCCCC)CCCCCCCCCCC1(CCCCCCCCC(=O)OCCC(CCCCC)CCCCC)OCC(CN2CCCC2)O1.O=CO. The minimum atomic E-state index is -0.357. The number of esters is 1. The molecule has 2 atom stereocenters. The van der Waals surface area contributed by atoms with Gasteiger partial charge in [-0.2, -0.15) is 0 Å². The molecular weight excluding hydrogens is 735 g/mol. The van der Waals surface area contributed by atoms with Gasteiger partial charge in [0.15, 0.2) is 5.79 Å². The summed E-state index contributed by atoms with van der Waals surface area (Å²) in [5.41, 5.74) is 0. The Kier molecular flexibility index (Phi) is 38.7. The molecule has 2 rings (SSSR count). The third-order valence-electron chi connectivity index (χ3n) is 13.3. The van der Waals surface area contributed by atoms with Crippen molar-refractivity contribution < 1.29 is 28.9 Å². The second kappa shape index (κ2) is 40.9. The molecule has 7 nitrogen and oxygen atoms in total. The van der Waals surface area contributed by atoms with Gasteiger partial charge in [0.2, 0.25) is 0 Å². The van der Waals surface area contributed by atoms with Crippen LogP contribution in [0.4, 0.5) is 0 Å². The van der Waals surface area contributed by atoms with Gasteiger partial charge in [0.1, 0.15) is 0 Å². The van der Waals surface area contributed by atoms with E-state index in [1.54, 1.807) is 0 Å². The van der Waals surface area contributed by atoms with Crippen LogP contribution in [-0.4, -0.2) is 67.2 Å². The molecule has 0 aliphatic carbocycles. The Morgan fingerprint density at radius 1 is 0.610 bits per heavy atom. The Labute approximate surface area is 367 Å². The predicted molar refractivity (Wildman–Crippen MR) is 250 cm³/mol. The highest BCUT2D eigenvalue weighted by molar-refractivity contribution is 5.69. The minimum absolute atomic E-state index is 0.0153. The van der Waals surface area contributed by atoms with Crippen LogP contribution < -0.4 is 0 Å². The van der Waals surface area contributed by atoms with Gasteiger partial charge in [-0.05, 0) is 63.5 Å². The molecule has 0 amide bonds. The summed E-state index contributed by atoms with van der Waals surface area (Å²) in [5, 5.41) is 6.89. The first-order valence-electron chi connectivity index (χ1n) is 26.2. The summed E-state index contributed by atoms with van der Waals surface area (Å²) >= 11 is 0. The smallest absolute Gasteiger partial charge is 0.305 e. The summed E-state index contributed by atoms with van der Waals surface area (Å²) in [6.45, 7) is 13.8. The zero-order chi connectivity index (χ0) is 42.9. The van der Waals surface area contributed by atoms with E-state index < -0.39 is 0 Å². The highest BCUT2D eigenvalue weighted by Gasteiger charge is 2.41. The van der Waals surface area contributed by atoms with Gasteiger partial charge in [0.25, 0.3) is 6.47 Å². The highest BCUT2D eigenvalue weighted by Crippen LogP contribution is 2.35. The molecule has 350 valence electrons. The van der Waals surface area contributed by atoms with Gasteiger partial charge in [0, 0.05) is 25.8 Å². The van der Waals surface area contributed by atoms with Crippen LogP contribution >= 0.6 is 0 Å². The molecular formula is C52H101NO6. The lowest BCUT2D eigenvalue weighted by Crippen LogP contribution is -2.35. The van der Waals surface area contributed by atoms with Crippen LogP contribution in [-0.2, 0) is 23.8 Å². The van der Waals surface area contributed by atoms with Gasteiger partial charge in [0.05, 0.1) is 19.3 Å². The first-order valence-corrected chi connectivity index (χ1v) is 26.2. The number of ether oxygens (including phenoxy) is 3. The number of nitrogens with zero attached hydrogens (tertiary/aromatic N) is 1. The Hall–Kier alpha value is -1.18. The largest absolute Gasteiger partial charge is 0.483 e. The molecule has 7 heteroatoms. The predicted octanol–water partition coefficient (Wildman–Crippen LogP) is 15.4. The molecule has 1 N–H and O–H groups in total. The van der Waals surface area contributed by atoms with E-state index in [4.69, 9.17) is 24.1 Å². The normalized spacial score (nSPS) is 18.2. The number of carboxylic acid groups (broad SMARTS) is 1. The maximum absolute atomic E-state index is 12.4. The molecule has 0 bridgehead atoms. The Morgan fingerprint density at radius 2 is 1.00 bits per heavy atom. The van der Waals surface area contributed by atoms with E-state index in [1.807, 2.05) is 0 Å². The van der Waals surface area contributed by atoms with Crippen molar-refractivity contribution in [3.05, 3.63) is 0 Å². The lowest BCUT2D eigenvalue weighted by Gasteiger charge is -2.29. The van der Waals surface area contributed by atoms with Crippen LogP contribution in [0.25, 0.3) is 0 Å². The topological polar surface area (TPSA) is 85.3 Å². The molecule has 2 unspecified atom stereocenters. The molecule has 0 spiro atoms. The van der Waals surface area contributed by atoms with Gasteiger partial charge in [-0.25, -0.2) is 0 Å². The van der Waals surface area contributed by atoms with Gasteiger partial charge in [-0.15, -0.1) is 0 Å². The van der Waals surface area contributed by atoms with Crippen LogP contribution in [0.5, 0.6) is 0 Å². The minimum Gasteiger partial charge on any atom is -0.483 e. The zero-order valence-electron chi connectivity index (χ0n) is 39.9. The monoisotopic (exact) mass is 836 g/mol. The van der Waals surface area contributed by atoms with E-state index in [0.29, 0.717) is 13.0 Å². The molecule has 0 aromatic carbocycles. The summed E-state index contributed by atoms with van der Waals surface area (Å²) in [6, 6.07) is 0. The van der Waals surface area contributed by atoms with Crippen molar-refractivity contribution in [1.29, 1.82) is 0 Å². The lowest BCUT2D eigenvalue weighted by atomic mass is 9.90. The van der Waals surface area contributed by atoms with Crippen LogP contribution in [0.1, 0.15) is 265 Å². The van der Waals surface area contributed by atoms with E-state index in [2.05, 4.69) is 32.6 Å². The second-order valence-corrected chi connectivity index (χ2v) is 18.8. The lowest BCUT2D eigenvalue weighted by molar-refractivity contribution is -0.180. The molecule has 2 aliphatic rings. The fourth-order valence-corrected chi connectivity index (χ4v) is 9.62. The van der Waals surface area contributed by atoms with Crippen LogP contribution in [0, 0.1) is 11.8 Å². The van der Waals surface area contributed by atoms with E-state index in [-0.39, 0.29) is 24.3 Å². The second-order valence-electron chi connectivity index (χ2n) is 18.8. The average molecular weight is 836 g/mol. The molecule has 0 aromatic heterocycles. The zero-order valence-corrected chi connectivity index (χ0v) is 39.9. The third-order valence-corrected chi connectivity index (χ3v) is 13.3. The number of likely N-dealkylation sites (tertiary alicyclic amines) is 1. The summed E-state index contributed by atoms with van der Waals surface area (Å²) in [7, 11) is 0. The third kappa shape index (κ3) is 32.2. The molecule has 0 aromatic rings. The maximum atomic E-state index is 12.4. The molecule has 2 heterocycles. The van der Waals surface area contributed by atoms with Crippen LogP contribution in [0.2, 0.25) is 0 Å². The number of hydrogen-bond donors (Lipinski definition) is 1. The molecule has 59 heavy (non-hydrogen) atoms. The van der Waals surface area contributed by atoms with Crippen molar-refractivity contribution >= 4 is 12.4 Å². The van der Waals surface area contributed by atoms with Crippen molar-refractivity contribution in [2.24, 2.45) is 11.8 Å². The number of carbonyl (C=O) groups excluding carboxylic acids is 1. The van der Waals surface area contributed by atoms with Gasteiger partial charge in [-0.3, -0.25) is 9.59 Å². The molecule has 0 saturated carbocycles. The van der Waals surface area contributed by atoms with E-state index in [1.165, 1.54) is 212 Å². The summed E-state index contributed by atoms with van der Waals surface area (Å²) < 4.78 is 19.1. The quantitative estimate of drug-likeness (QED) is 0.0373. The van der Waals surface area contributed by atoms with E-state index in [9.17, 15) is 4.79 Å². The molecule has 2 aliphatic heterocycles. The molecule has 0 radical (unpaired) electrons. The maximum Gasteiger partial charge on any atom is 0.305 e. The molecule has 2 saturated heterocycles. The van der Waals surface area contributed by atoms with Crippen molar-refractivity contribution in [2.75, 3.05) is 32.8 Å². The van der Waals surface area contributed by atoms with Crippen molar-refractivity contribution in [3.8, 4) is 0 Å². The van der Waals surface area contributed by atoms with Gasteiger partial charge < -0.3 is 24.2 Å². The number of carbonyl (C=O) groups is 2. The number of rotatable bonds is 41. The first-order chi connectivity index (χ1) is 28.9. The highest BCUT2D eigenvalue weighted by atomic mass is 16.7. The standard InChI is InChI=1S/C51H99NO4.CH2O2/c1-5-9-23-33-47(34-24-10-6-2)37-27-19-15-13-14-17-21-29-40-51(55-46-49(56-51)45-52-42-31-32-43-52)41-30-22-18-16-20-28-38-50(53)54-44-39-48(35-25-11-7-3)36-26-12-8-4;2-1-3/h47-49H,5-46H2,1-4H3;1H,(H,2,3). The average Bonchev–Trinajstić information content (AvgIpc) is 3.90. The van der Waals surface area contributed by atoms with Gasteiger partial charge in [-0.1, -0.05) is 207 Å². The van der Waals surface area contributed by atoms with E-state index in [0.717, 1.165) is 57.1 Å². The Bertz CT molecular complexity index is 892. The van der Waals surface area contributed by atoms with Crippen LogP contribution in [0.15, 0.2) is 0 Å². The molecule has 2 fully saturated rings. The van der Waals surface area contributed by atoms with E-state index >= 15 is 0 Å². The Balaban J connectivity index is 0.00000562. The Morgan fingerprint density at radius 3 is 1.46 bits per heavy atom.